The number of imidazole rings is 2. The molecule has 9 heteroatoms. The zero-order valence-electron chi connectivity index (χ0n) is 18.1. The van der Waals surface area contributed by atoms with Crippen LogP contribution in [0.25, 0.3) is 33.9 Å². The fourth-order valence-corrected chi connectivity index (χ4v) is 3.99. The van der Waals surface area contributed by atoms with E-state index in [1.165, 1.54) is 11.6 Å². The smallest absolute Gasteiger partial charge is 0.332 e. The minimum absolute atomic E-state index is 0.318. The van der Waals surface area contributed by atoms with Gasteiger partial charge in [0.1, 0.15) is 11.5 Å². The largest absolute Gasteiger partial charge is 0.497 e. The topological polar surface area (TPSA) is 84.7 Å². The number of ether oxygens (including phenoxy) is 2. The number of hydrogen-bond acceptors (Lipinski definition) is 5. The first-order valence-corrected chi connectivity index (χ1v) is 9.93. The van der Waals surface area contributed by atoms with E-state index in [0.29, 0.717) is 22.7 Å². The van der Waals surface area contributed by atoms with Crippen molar-refractivity contribution in [3.63, 3.8) is 0 Å². The van der Waals surface area contributed by atoms with Gasteiger partial charge in [-0.05, 0) is 36.4 Å². The third-order valence-electron chi connectivity index (χ3n) is 5.68. The van der Waals surface area contributed by atoms with Crippen LogP contribution in [0.1, 0.15) is 0 Å². The molecule has 0 fully saturated rings. The minimum atomic E-state index is -0.428. The normalized spacial score (nSPS) is 11.4. The molecule has 5 rings (SSSR count). The summed E-state index contributed by atoms with van der Waals surface area (Å²) in [7, 11) is 6.29. The van der Waals surface area contributed by atoms with Crippen molar-refractivity contribution in [3.05, 3.63) is 75.6 Å². The Kier molecular flexibility index (Phi) is 4.40. The lowest BCUT2D eigenvalue weighted by molar-refractivity contribution is 0.413. The summed E-state index contributed by atoms with van der Waals surface area (Å²) in [5.41, 5.74) is 2.27. The number of methoxy groups -OCH3 is 2. The number of nitrogens with zero attached hydrogens (tertiary/aromatic N) is 5. The van der Waals surface area contributed by atoms with Crippen molar-refractivity contribution in [3.8, 4) is 28.4 Å². The zero-order valence-corrected chi connectivity index (χ0v) is 18.1. The number of fused-ring (bicyclic) bond motifs is 3. The highest BCUT2D eigenvalue weighted by Gasteiger charge is 2.23. The summed E-state index contributed by atoms with van der Waals surface area (Å²) in [6.45, 7) is 0. The van der Waals surface area contributed by atoms with E-state index in [-0.39, 0.29) is 0 Å². The lowest BCUT2D eigenvalue weighted by atomic mass is 10.1. The summed E-state index contributed by atoms with van der Waals surface area (Å²) >= 11 is 0. The molecule has 0 saturated heterocycles. The molecule has 0 aliphatic heterocycles. The van der Waals surface area contributed by atoms with E-state index in [9.17, 15) is 9.59 Å². The number of aryl methyl sites for hydroxylation is 1. The van der Waals surface area contributed by atoms with Crippen LogP contribution in [-0.4, -0.2) is 37.3 Å². The Morgan fingerprint density at radius 3 is 2.28 bits per heavy atom. The van der Waals surface area contributed by atoms with Crippen LogP contribution in [0.5, 0.6) is 11.5 Å². The van der Waals surface area contributed by atoms with Gasteiger partial charge in [0, 0.05) is 25.9 Å². The van der Waals surface area contributed by atoms with Gasteiger partial charge in [0.2, 0.25) is 5.78 Å². The molecule has 5 aromatic rings. The first-order chi connectivity index (χ1) is 15.5. The molecule has 0 bridgehead atoms. The van der Waals surface area contributed by atoms with Gasteiger partial charge in [-0.3, -0.25) is 22.9 Å². The molecule has 0 unspecified atom stereocenters. The Morgan fingerprint density at radius 2 is 1.59 bits per heavy atom. The summed E-state index contributed by atoms with van der Waals surface area (Å²) in [5, 5.41) is 0. The van der Waals surface area contributed by atoms with E-state index >= 15 is 0 Å². The molecular formula is C23H21N5O4. The van der Waals surface area contributed by atoms with Gasteiger partial charge in [-0.1, -0.05) is 12.1 Å². The molecule has 3 heterocycles. The highest BCUT2D eigenvalue weighted by atomic mass is 16.5. The van der Waals surface area contributed by atoms with Crippen molar-refractivity contribution in [2.24, 2.45) is 14.1 Å². The van der Waals surface area contributed by atoms with Gasteiger partial charge in [0.05, 0.1) is 25.6 Å². The molecule has 0 atom stereocenters. The third-order valence-corrected chi connectivity index (χ3v) is 5.68. The van der Waals surface area contributed by atoms with Crippen LogP contribution in [0.4, 0.5) is 0 Å². The Hall–Kier alpha value is -4.27. The number of hydrogen-bond donors (Lipinski definition) is 0. The molecule has 0 spiro atoms. The molecule has 0 amide bonds. The van der Waals surface area contributed by atoms with Crippen molar-refractivity contribution in [1.82, 2.24) is 23.1 Å². The van der Waals surface area contributed by atoms with E-state index in [0.717, 1.165) is 27.3 Å². The highest BCUT2D eigenvalue weighted by molar-refractivity contribution is 5.80. The lowest BCUT2D eigenvalue weighted by Gasteiger charge is -2.13. The lowest BCUT2D eigenvalue weighted by Crippen LogP contribution is -2.37. The van der Waals surface area contributed by atoms with Gasteiger partial charge in [-0.15, -0.1) is 0 Å². The van der Waals surface area contributed by atoms with E-state index in [1.54, 1.807) is 25.7 Å². The maximum atomic E-state index is 13.0. The van der Waals surface area contributed by atoms with Crippen LogP contribution in [0, 0.1) is 0 Å². The maximum Gasteiger partial charge on any atom is 0.332 e. The minimum Gasteiger partial charge on any atom is -0.497 e. The molecule has 0 N–H and O–H groups in total. The second-order valence-corrected chi connectivity index (χ2v) is 7.41. The van der Waals surface area contributed by atoms with Crippen molar-refractivity contribution in [2.75, 3.05) is 14.2 Å². The van der Waals surface area contributed by atoms with Crippen LogP contribution in [-0.2, 0) is 14.1 Å². The van der Waals surface area contributed by atoms with Gasteiger partial charge in [0.25, 0.3) is 5.56 Å². The van der Waals surface area contributed by atoms with Crippen molar-refractivity contribution in [2.45, 2.75) is 0 Å². The van der Waals surface area contributed by atoms with Crippen molar-refractivity contribution >= 4 is 16.9 Å². The van der Waals surface area contributed by atoms with Crippen LogP contribution in [0.2, 0.25) is 0 Å². The fourth-order valence-electron chi connectivity index (χ4n) is 3.99. The number of benzene rings is 2. The van der Waals surface area contributed by atoms with Crippen molar-refractivity contribution in [1.29, 1.82) is 0 Å². The molecular weight excluding hydrogens is 410 g/mol. The maximum absolute atomic E-state index is 13.0. The predicted octanol–water partition coefficient (Wildman–Crippen LogP) is 2.36. The Balaban J connectivity index is 1.95. The van der Waals surface area contributed by atoms with Gasteiger partial charge in [0.15, 0.2) is 11.2 Å². The van der Waals surface area contributed by atoms with Crippen LogP contribution < -0.4 is 20.7 Å². The Bertz CT molecular complexity index is 1600. The number of aromatic nitrogens is 5. The molecule has 0 radical (unpaired) electrons. The molecule has 9 nitrogen and oxygen atoms in total. The van der Waals surface area contributed by atoms with E-state index in [4.69, 9.17) is 14.5 Å². The zero-order chi connectivity index (χ0) is 22.6. The van der Waals surface area contributed by atoms with Crippen LogP contribution in [0.15, 0.2) is 64.3 Å². The van der Waals surface area contributed by atoms with Gasteiger partial charge in [-0.2, -0.15) is 4.98 Å². The quantitative estimate of drug-likeness (QED) is 0.436. The molecule has 0 aliphatic rings. The molecule has 162 valence electrons. The van der Waals surface area contributed by atoms with Crippen molar-refractivity contribution < 1.29 is 9.47 Å². The molecule has 3 aromatic heterocycles. The first kappa shape index (κ1) is 19.7. The summed E-state index contributed by atoms with van der Waals surface area (Å²) < 4.78 is 17.0. The van der Waals surface area contributed by atoms with Gasteiger partial charge >= 0.3 is 5.69 Å². The second-order valence-electron chi connectivity index (χ2n) is 7.41. The SMILES string of the molecule is COc1ccc(-c2cn3c4c(=O)n(C)c(=O)n(C)c4nc3n2-c2ccccc2OC)cc1. The van der Waals surface area contributed by atoms with Gasteiger partial charge < -0.3 is 9.47 Å². The first-order valence-electron chi connectivity index (χ1n) is 9.93. The van der Waals surface area contributed by atoms with E-state index < -0.39 is 11.2 Å². The summed E-state index contributed by atoms with van der Waals surface area (Å²) in [6.07, 6.45) is 1.85. The van der Waals surface area contributed by atoms with Crippen LogP contribution >= 0.6 is 0 Å². The molecule has 0 aliphatic carbocycles. The standard InChI is InChI=1S/C23H21N5O4/c1-25-20-19(21(29)26(2)23(25)30)27-13-17(14-9-11-15(31-3)12-10-14)28(22(27)24-20)16-7-5-6-8-18(16)32-4/h5-13H,1-4H3. The fraction of sp³-hybridized carbons (Fsp3) is 0.174. The molecule has 2 aromatic carbocycles. The third kappa shape index (κ3) is 2.67. The summed E-state index contributed by atoms with van der Waals surface area (Å²) in [4.78, 5) is 30.2. The van der Waals surface area contributed by atoms with E-state index in [1.807, 2.05) is 59.3 Å². The number of rotatable bonds is 4. The average Bonchev–Trinajstić information content (AvgIpc) is 3.37. The Labute approximate surface area is 182 Å². The molecule has 32 heavy (non-hydrogen) atoms. The highest BCUT2D eigenvalue weighted by Crippen LogP contribution is 2.33. The Morgan fingerprint density at radius 1 is 0.875 bits per heavy atom. The predicted molar refractivity (Wildman–Crippen MR) is 121 cm³/mol. The average molecular weight is 431 g/mol. The molecule has 0 saturated carbocycles. The summed E-state index contributed by atoms with van der Waals surface area (Å²) in [6, 6.07) is 15.2. The van der Waals surface area contributed by atoms with Gasteiger partial charge in [-0.25, -0.2) is 4.79 Å². The summed E-state index contributed by atoms with van der Waals surface area (Å²) in [5.74, 6) is 1.88. The van der Waals surface area contributed by atoms with Crippen LogP contribution in [0.3, 0.4) is 0 Å². The second kappa shape index (κ2) is 7.16. The van der Waals surface area contributed by atoms with E-state index in [2.05, 4.69) is 0 Å². The monoisotopic (exact) mass is 431 g/mol. The number of para-hydroxylation sites is 2.